The van der Waals surface area contributed by atoms with Gasteiger partial charge in [-0.3, -0.25) is 0 Å². The van der Waals surface area contributed by atoms with Gasteiger partial charge in [0.25, 0.3) is 0 Å². The SMILES string of the molecule is CCC(N)c1ccc(-c2cc(F)c(F)cc2F)o1. The first-order valence-electron chi connectivity index (χ1n) is 5.53. The van der Waals surface area contributed by atoms with E-state index in [0.29, 0.717) is 18.2 Å². The molecule has 5 heteroatoms. The van der Waals surface area contributed by atoms with Gasteiger partial charge >= 0.3 is 0 Å². The quantitative estimate of drug-likeness (QED) is 0.848. The normalized spacial score (nSPS) is 12.7. The topological polar surface area (TPSA) is 39.2 Å². The Balaban J connectivity index is 2.43. The van der Waals surface area contributed by atoms with Crippen LogP contribution in [0.1, 0.15) is 25.1 Å². The number of halogens is 3. The van der Waals surface area contributed by atoms with Gasteiger partial charge in [-0.2, -0.15) is 0 Å². The van der Waals surface area contributed by atoms with Crippen molar-refractivity contribution >= 4 is 0 Å². The predicted octanol–water partition coefficient (Wildman–Crippen LogP) is 3.77. The minimum absolute atomic E-state index is 0.122. The van der Waals surface area contributed by atoms with Crippen LogP contribution in [0.2, 0.25) is 0 Å². The summed E-state index contributed by atoms with van der Waals surface area (Å²) in [6.07, 6.45) is 0.660. The maximum absolute atomic E-state index is 13.5. The molecule has 1 atom stereocenters. The Morgan fingerprint density at radius 2 is 1.78 bits per heavy atom. The van der Waals surface area contributed by atoms with Gasteiger partial charge in [0.2, 0.25) is 0 Å². The zero-order valence-corrected chi connectivity index (χ0v) is 9.71. The molecule has 0 aliphatic heterocycles. The van der Waals surface area contributed by atoms with E-state index >= 15 is 0 Å². The van der Waals surface area contributed by atoms with E-state index in [2.05, 4.69) is 0 Å². The van der Waals surface area contributed by atoms with E-state index in [-0.39, 0.29) is 17.4 Å². The third-order valence-corrected chi connectivity index (χ3v) is 2.71. The molecule has 0 radical (unpaired) electrons. The highest BCUT2D eigenvalue weighted by Gasteiger charge is 2.16. The minimum atomic E-state index is -1.23. The van der Waals surface area contributed by atoms with Crippen LogP contribution in [-0.2, 0) is 0 Å². The van der Waals surface area contributed by atoms with Gasteiger partial charge in [-0.25, -0.2) is 13.2 Å². The molecule has 0 spiro atoms. The Bertz CT molecular complexity index is 565. The van der Waals surface area contributed by atoms with Gasteiger partial charge in [0.1, 0.15) is 17.3 Å². The van der Waals surface area contributed by atoms with Crippen molar-refractivity contribution in [2.75, 3.05) is 0 Å². The van der Waals surface area contributed by atoms with Crippen LogP contribution in [0.3, 0.4) is 0 Å². The second-order valence-electron chi connectivity index (χ2n) is 3.96. The second-order valence-corrected chi connectivity index (χ2v) is 3.96. The van der Waals surface area contributed by atoms with Crippen LogP contribution < -0.4 is 5.73 Å². The fraction of sp³-hybridized carbons (Fsp3) is 0.231. The first kappa shape index (κ1) is 12.7. The average molecular weight is 255 g/mol. The zero-order chi connectivity index (χ0) is 13.3. The van der Waals surface area contributed by atoms with E-state index in [1.165, 1.54) is 6.07 Å². The molecule has 2 aromatic rings. The molecule has 1 aromatic carbocycles. The molecule has 96 valence electrons. The van der Waals surface area contributed by atoms with Gasteiger partial charge in [-0.1, -0.05) is 6.92 Å². The fourth-order valence-corrected chi connectivity index (χ4v) is 1.61. The van der Waals surface area contributed by atoms with Gasteiger partial charge in [0, 0.05) is 6.07 Å². The van der Waals surface area contributed by atoms with Gasteiger partial charge in [0.15, 0.2) is 11.6 Å². The number of nitrogens with two attached hydrogens (primary N) is 1. The maximum atomic E-state index is 13.5. The Hall–Kier alpha value is -1.75. The van der Waals surface area contributed by atoms with E-state index < -0.39 is 17.5 Å². The Kier molecular flexibility index (Phi) is 3.43. The molecule has 2 nitrogen and oxygen atoms in total. The van der Waals surface area contributed by atoms with Gasteiger partial charge < -0.3 is 10.2 Å². The van der Waals surface area contributed by atoms with Crippen LogP contribution in [0, 0.1) is 17.5 Å². The molecule has 0 aliphatic carbocycles. The Morgan fingerprint density at radius 1 is 1.11 bits per heavy atom. The van der Waals surface area contributed by atoms with Crippen molar-refractivity contribution in [1.29, 1.82) is 0 Å². The van der Waals surface area contributed by atoms with Crippen LogP contribution in [0.25, 0.3) is 11.3 Å². The van der Waals surface area contributed by atoms with Crippen molar-refractivity contribution in [3.8, 4) is 11.3 Å². The molecular formula is C13H12F3NO. The van der Waals surface area contributed by atoms with Crippen LogP contribution in [-0.4, -0.2) is 0 Å². The third kappa shape index (κ3) is 2.26. The van der Waals surface area contributed by atoms with Crippen LogP contribution in [0.4, 0.5) is 13.2 Å². The first-order valence-corrected chi connectivity index (χ1v) is 5.53. The molecule has 1 unspecified atom stereocenters. The summed E-state index contributed by atoms with van der Waals surface area (Å²) in [6, 6.07) is 4.05. The van der Waals surface area contributed by atoms with E-state index in [9.17, 15) is 13.2 Å². The highest BCUT2D eigenvalue weighted by molar-refractivity contribution is 5.58. The van der Waals surface area contributed by atoms with E-state index in [1.54, 1.807) is 6.07 Å². The Morgan fingerprint density at radius 3 is 2.44 bits per heavy atom. The van der Waals surface area contributed by atoms with E-state index in [1.807, 2.05) is 6.92 Å². The van der Waals surface area contributed by atoms with Crippen molar-refractivity contribution in [2.24, 2.45) is 5.73 Å². The summed E-state index contributed by atoms with van der Waals surface area (Å²) in [6.45, 7) is 1.88. The fourth-order valence-electron chi connectivity index (χ4n) is 1.61. The van der Waals surface area contributed by atoms with Crippen molar-refractivity contribution in [3.63, 3.8) is 0 Å². The van der Waals surface area contributed by atoms with E-state index in [0.717, 1.165) is 6.07 Å². The molecule has 0 bridgehead atoms. The lowest BCUT2D eigenvalue weighted by molar-refractivity contribution is 0.463. The van der Waals surface area contributed by atoms with Crippen molar-refractivity contribution in [3.05, 3.63) is 47.5 Å². The summed E-state index contributed by atoms with van der Waals surface area (Å²) in [5, 5.41) is 0. The van der Waals surface area contributed by atoms with Crippen LogP contribution >= 0.6 is 0 Å². The van der Waals surface area contributed by atoms with Gasteiger partial charge in [-0.15, -0.1) is 0 Å². The Labute approximate surface area is 102 Å². The van der Waals surface area contributed by atoms with Crippen molar-refractivity contribution in [1.82, 2.24) is 0 Å². The molecule has 0 aliphatic rings. The van der Waals surface area contributed by atoms with Crippen LogP contribution in [0.5, 0.6) is 0 Å². The molecule has 1 aromatic heterocycles. The molecule has 0 saturated carbocycles. The molecule has 18 heavy (non-hydrogen) atoms. The maximum Gasteiger partial charge on any atom is 0.161 e. The largest absolute Gasteiger partial charge is 0.459 e. The molecule has 1 heterocycles. The molecule has 0 fully saturated rings. The number of hydrogen-bond donors (Lipinski definition) is 1. The standard InChI is InChI=1S/C13H12F3NO/c1-2-11(17)13-4-3-12(18-13)7-5-9(15)10(16)6-8(7)14/h3-6,11H,2,17H2,1H3. The average Bonchev–Trinajstić information content (AvgIpc) is 2.82. The predicted molar refractivity (Wildman–Crippen MR) is 61.2 cm³/mol. The molecule has 0 saturated heterocycles. The number of furan rings is 1. The van der Waals surface area contributed by atoms with Crippen LogP contribution in [0.15, 0.2) is 28.7 Å². The summed E-state index contributed by atoms with van der Waals surface area (Å²) in [5.41, 5.74) is 5.63. The second kappa shape index (κ2) is 4.86. The number of benzene rings is 1. The molecule has 2 N–H and O–H groups in total. The number of rotatable bonds is 3. The molecule has 0 amide bonds. The molecular weight excluding hydrogens is 243 g/mol. The highest BCUT2D eigenvalue weighted by Crippen LogP contribution is 2.29. The summed E-state index contributed by atoms with van der Waals surface area (Å²) in [4.78, 5) is 0. The lowest BCUT2D eigenvalue weighted by Gasteiger charge is -2.04. The van der Waals surface area contributed by atoms with Crippen molar-refractivity contribution < 1.29 is 17.6 Å². The first-order chi connectivity index (χ1) is 8.52. The molecule has 2 rings (SSSR count). The lowest BCUT2D eigenvalue weighted by atomic mass is 10.1. The number of hydrogen-bond acceptors (Lipinski definition) is 2. The summed E-state index contributed by atoms with van der Waals surface area (Å²) in [5.74, 6) is -2.61. The van der Waals surface area contributed by atoms with Gasteiger partial charge in [0.05, 0.1) is 11.6 Å². The highest BCUT2D eigenvalue weighted by atomic mass is 19.2. The zero-order valence-electron chi connectivity index (χ0n) is 9.71. The monoisotopic (exact) mass is 255 g/mol. The van der Waals surface area contributed by atoms with Gasteiger partial charge in [-0.05, 0) is 24.6 Å². The summed E-state index contributed by atoms with van der Waals surface area (Å²) >= 11 is 0. The van der Waals surface area contributed by atoms with E-state index in [4.69, 9.17) is 10.2 Å². The van der Waals surface area contributed by atoms with Crippen molar-refractivity contribution in [2.45, 2.75) is 19.4 Å². The summed E-state index contributed by atoms with van der Waals surface area (Å²) < 4.78 is 44.7. The lowest BCUT2D eigenvalue weighted by Crippen LogP contribution is -2.06. The summed E-state index contributed by atoms with van der Waals surface area (Å²) in [7, 11) is 0. The third-order valence-electron chi connectivity index (χ3n) is 2.71. The minimum Gasteiger partial charge on any atom is -0.459 e. The smallest absolute Gasteiger partial charge is 0.161 e.